The Bertz CT molecular complexity index is 961. The average molecular weight is 503 g/mol. The first kappa shape index (κ1) is 22.9. The third-order valence-corrected chi connectivity index (χ3v) is 4.94. The van der Waals surface area contributed by atoms with Crippen LogP contribution in [0.4, 0.5) is 5.69 Å². The van der Waals surface area contributed by atoms with E-state index in [1.165, 1.54) is 11.1 Å². The highest BCUT2D eigenvalue weighted by Crippen LogP contribution is 2.19. The van der Waals surface area contributed by atoms with Gasteiger partial charge in [0.1, 0.15) is 0 Å². The third-order valence-electron chi connectivity index (χ3n) is 4.94. The van der Waals surface area contributed by atoms with Gasteiger partial charge >= 0.3 is 0 Å². The molecular formula is C23H30IN5. The molecule has 0 saturated carbocycles. The fourth-order valence-corrected chi connectivity index (χ4v) is 3.20. The number of nitrogens with one attached hydrogen (secondary N) is 1. The molecule has 0 aliphatic heterocycles. The van der Waals surface area contributed by atoms with E-state index in [9.17, 15) is 0 Å². The minimum atomic E-state index is 0. The lowest BCUT2D eigenvalue weighted by atomic mass is 10.0. The Balaban J connectivity index is 0.00000300. The number of anilines is 1. The molecule has 0 aliphatic carbocycles. The van der Waals surface area contributed by atoms with Gasteiger partial charge in [-0.3, -0.25) is 4.68 Å². The molecule has 0 atom stereocenters. The van der Waals surface area contributed by atoms with Crippen LogP contribution >= 0.6 is 24.0 Å². The van der Waals surface area contributed by atoms with Crippen molar-refractivity contribution in [2.75, 3.05) is 5.32 Å². The van der Waals surface area contributed by atoms with Crippen LogP contribution in [-0.4, -0.2) is 15.7 Å². The van der Waals surface area contributed by atoms with E-state index in [4.69, 9.17) is 5.73 Å². The second-order valence-corrected chi connectivity index (χ2v) is 7.40. The number of rotatable bonds is 6. The first-order chi connectivity index (χ1) is 13.4. The monoisotopic (exact) mass is 503 g/mol. The Hall–Kier alpha value is -2.35. The highest BCUT2D eigenvalue weighted by molar-refractivity contribution is 14.0. The SMILES string of the molecule is Cc1nn(Cc2ccccc2)c(C)c1CN=C(N)Nc1cccc(C(C)C)c1.I. The normalized spacial score (nSPS) is 11.4. The first-order valence-electron chi connectivity index (χ1n) is 9.67. The molecule has 0 spiro atoms. The summed E-state index contributed by atoms with van der Waals surface area (Å²) in [6.07, 6.45) is 0. The van der Waals surface area contributed by atoms with Crippen molar-refractivity contribution < 1.29 is 0 Å². The summed E-state index contributed by atoms with van der Waals surface area (Å²) in [6.45, 7) is 9.73. The molecule has 0 saturated heterocycles. The summed E-state index contributed by atoms with van der Waals surface area (Å²) in [5, 5.41) is 7.88. The van der Waals surface area contributed by atoms with Gasteiger partial charge in [0.25, 0.3) is 0 Å². The van der Waals surface area contributed by atoms with Gasteiger partial charge in [-0.25, -0.2) is 4.99 Å². The highest BCUT2D eigenvalue weighted by Gasteiger charge is 2.11. The van der Waals surface area contributed by atoms with E-state index < -0.39 is 0 Å². The van der Waals surface area contributed by atoms with Crippen molar-refractivity contribution >= 4 is 35.6 Å². The molecule has 2 aromatic carbocycles. The average Bonchev–Trinajstić information content (AvgIpc) is 2.94. The molecule has 0 bridgehead atoms. The fourth-order valence-electron chi connectivity index (χ4n) is 3.20. The van der Waals surface area contributed by atoms with E-state index in [0.29, 0.717) is 18.4 Å². The number of hydrogen-bond donors (Lipinski definition) is 2. The Morgan fingerprint density at radius 2 is 1.83 bits per heavy atom. The molecule has 29 heavy (non-hydrogen) atoms. The van der Waals surface area contributed by atoms with Crippen molar-refractivity contribution in [1.82, 2.24) is 9.78 Å². The molecule has 6 heteroatoms. The number of benzene rings is 2. The molecule has 1 heterocycles. The Labute approximate surface area is 190 Å². The van der Waals surface area contributed by atoms with Crippen molar-refractivity contribution in [3.8, 4) is 0 Å². The number of aromatic nitrogens is 2. The van der Waals surface area contributed by atoms with E-state index in [-0.39, 0.29) is 24.0 Å². The summed E-state index contributed by atoms with van der Waals surface area (Å²) >= 11 is 0. The molecule has 0 amide bonds. The lowest BCUT2D eigenvalue weighted by Crippen LogP contribution is -2.22. The number of nitrogens with zero attached hydrogens (tertiary/aromatic N) is 3. The standard InChI is InChI=1S/C23H29N5.HI/c1-16(2)20-11-8-12-21(13-20)26-23(24)25-14-22-17(3)27-28(18(22)4)15-19-9-6-5-7-10-19;/h5-13,16H,14-15H2,1-4H3,(H3,24,25,26);1H. The Morgan fingerprint density at radius 3 is 2.52 bits per heavy atom. The molecule has 3 N–H and O–H groups in total. The zero-order chi connectivity index (χ0) is 20.1. The van der Waals surface area contributed by atoms with Gasteiger partial charge in [0.2, 0.25) is 0 Å². The van der Waals surface area contributed by atoms with Crippen LogP contribution in [0, 0.1) is 13.8 Å². The quantitative estimate of drug-likeness (QED) is 0.276. The van der Waals surface area contributed by atoms with Crippen LogP contribution in [-0.2, 0) is 13.1 Å². The summed E-state index contributed by atoms with van der Waals surface area (Å²) in [5.41, 5.74) is 12.8. The van der Waals surface area contributed by atoms with Crippen LogP contribution in [0.1, 0.15) is 47.8 Å². The number of halogens is 1. The van der Waals surface area contributed by atoms with Crippen LogP contribution < -0.4 is 11.1 Å². The summed E-state index contributed by atoms with van der Waals surface area (Å²) in [5.74, 6) is 0.885. The van der Waals surface area contributed by atoms with E-state index >= 15 is 0 Å². The van der Waals surface area contributed by atoms with Gasteiger partial charge in [0.05, 0.1) is 18.8 Å². The predicted octanol–water partition coefficient (Wildman–Crippen LogP) is 5.22. The van der Waals surface area contributed by atoms with Gasteiger partial charge in [-0.05, 0) is 43.0 Å². The van der Waals surface area contributed by atoms with Crippen LogP contribution in [0.5, 0.6) is 0 Å². The lowest BCUT2D eigenvalue weighted by molar-refractivity contribution is 0.658. The predicted molar refractivity (Wildman–Crippen MR) is 132 cm³/mol. The van der Waals surface area contributed by atoms with Gasteiger partial charge in [-0.1, -0.05) is 56.3 Å². The van der Waals surface area contributed by atoms with E-state index in [1.807, 2.05) is 41.9 Å². The lowest BCUT2D eigenvalue weighted by Gasteiger charge is -2.10. The van der Waals surface area contributed by atoms with Gasteiger partial charge in [-0.15, -0.1) is 24.0 Å². The van der Waals surface area contributed by atoms with Crippen molar-refractivity contribution in [2.24, 2.45) is 10.7 Å². The molecule has 0 radical (unpaired) electrons. The molecule has 5 nitrogen and oxygen atoms in total. The van der Waals surface area contributed by atoms with Crippen molar-refractivity contribution in [3.63, 3.8) is 0 Å². The molecule has 154 valence electrons. The number of nitrogens with two attached hydrogens (primary N) is 1. The van der Waals surface area contributed by atoms with Gasteiger partial charge < -0.3 is 11.1 Å². The van der Waals surface area contributed by atoms with Crippen molar-refractivity contribution in [2.45, 2.75) is 46.7 Å². The topological polar surface area (TPSA) is 68.2 Å². The summed E-state index contributed by atoms with van der Waals surface area (Å²) in [4.78, 5) is 4.54. The maximum atomic E-state index is 6.12. The summed E-state index contributed by atoms with van der Waals surface area (Å²) in [6, 6.07) is 18.6. The number of guanidine groups is 1. The number of aryl methyl sites for hydroxylation is 1. The molecule has 3 aromatic rings. The molecule has 1 aromatic heterocycles. The molecule has 0 aliphatic rings. The summed E-state index contributed by atoms with van der Waals surface area (Å²) in [7, 11) is 0. The van der Waals surface area contributed by atoms with E-state index in [1.54, 1.807) is 0 Å². The van der Waals surface area contributed by atoms with Gasteiger partial charge in [-0.2, -0.15) is 5.10 Å². The van der Waals surface area contributed by atoms with Crippen LogP contribution in [0.15, 0.2) is 59.6 Å². The Morgan fingerprint density at radius 1 is 1.10 bits per heavy atom. The molecular weight excluding hydrogens is 473 g/mol. The second kappa shape index (κ2) is 10.4. The van der Waals surface area contributed by atoms with Gasteiger partial charge in [0.15, 0.2) is 5.96 Å². The zero-order valence-corrected chi connectivity index (χ0v) is 19.8. The third kappa shape index (κ3) is 6.06. The van der Waals surface area contributed by atoms with E-state index in [0.717, 1.165) is 29.2 Å². The summed E-state index contributed by atoms with van der Waals surface area (Å²) < 4.78 is 2.03. The highest BCUT2D eigenvalue weighted by atomic mass is 127. The van der Waals surface area contributed by atoms with Crippen LogP contribution in [0.2, 0.25) is 0 Å². The largest absolute Gasteiger partial charge is 0.370 e. The van der Waals surface area contributed by atoms with Crippen LogP contribution in [0.25, 0.3) is 0 Å². The van der Waals surface area contributed by atoms with Crippen LogP contribution in [0.3, 0.4) is 0 Å². The molecule has 0 unspecified atom stereocenters. The minimum absolute atomic E-state index is 0. The number of aliphatic imine (C=N–C) groups is 1. The first-order valence-corrected chi connectivity index (χ1v) is 9.67. The molecule has 3 rings (SSSR count). The zero-order valence-electron chi connectivity index (χ0n) is 17.5. The van der Waals surface area contributed by atoms with Gasteiger partial charge in [0, 0.05) is 16.9 Å². The maximum absolute atomic E-state index is 6.12. The Kier molecular flexibility index (Phi) is 8.25. The number of hydrogen-bond acceptors (Lipinski definition) is 2. The smallest absolute Gasteiger partial charge is 0.193 e. The fraction of sp³-hybridized carbons (Fsp3) is 0.304. The minimum Gasteiger partial charge on any atom is -0.370 e. The van der Waals surface area contributed by atoms with E-state index in [2.05, 4.69) is 60.4 Å². The van der Waals surface area contributed by atoms with Crippen molar-refractivity contribution in [1.29, 1.82) is 0 Å². The second-order valence-electron chi connectivity index (χ2n) is 7.40. The van der Waals surface area contributed by atoms with Crippen molar-refractivity contribution in [3.05, 3.63) is 82.7 Å². The molecule has 0 fully saturated rings. The maximum Gasteiger partial charge on any atom is 0.193 e.